The molecule has 6 heteroatoms. The smallest absolute Gasteiger partial charge is 0.227 e. The fraction of sp³-hybridized carbons (Fsp3) is 0.650. The molecule has 150 valence electrons. The molecule has 1 heterocycles. The number of nitrogens with zero attached hydrogens (tertiary/aromatic N) is 1. The molecule has 0 aromatic heterocycles. The minimum Gasteiger partial charge on any atom is -0.353 e. The Bertz CT molecular complexity index is 515. The van der Waals surface area contributed by atoms with Gasteiger partial charge in [0.2, 0.25) is 5.91 Å². The zero-order valence-electron chi connectivity index (χ0n) is 16.2. The molecule has 1 aromatic carbocycles. The van der Waals surface area contributed by atoms with Crippen LogP contribution >= 0.6 is 24.8 Å². The highest BCUT2D eigenvalue weighted by Gasteiger charge is 2.35. The third-order valence-electron chi connectivity index (χ3n) is 5.80. The van der Waals surface area contributed by atoms with Gasteiger partial charge >= 0.3 is 0 Å². The van der Waals surface area contributed by atoms with Crippen LogP contribution in [0.3, 0.4) is 0 Å². The lowest BCUT2D eigenvalue weighted by Crippen LogP contribution is -2.53. The Morgan fingerprint density at radius 2 is 1.85 bits per heavy atom. The summed E-state index contributed by atoms with van der Waals surface area (Å²) in [5, 5.41) is 3.28. The van der Waals surface area contributed by atoms with Crippen LogP contribution in [0.5, 0.6) is 0 Å². The molecule has 2 rings (SSSR count). The normalized spacial score (nSPS) is 20.6. The maximum absolute atomic E-state index is 12.7. The lowest BCUT2D eigenvalue weighted by molar-refractivity contribution is -0.132. The average molecular weight is 404 g/mol. The van der Waals surface area contributed by atoms with Crippen molar-refractivity contribution in [2.45, 2.75) is 65.1 Å². The summed E-state index contributed by atoms with van der Waals surface area (Å²) in [4.78, 5) is 15.2. The first kappa shape index (κ1) is 25.2. The van der Waals surface area contributed by atoms with E-state index in [1.807, 2.05) is 0 Å². The number of carbonyl (C=O) groups is 1. The minimum absolute atomic E-state index is 0. The highest BCUT2D eigenvalue weighted by molar-refractivity contribution is 5.85. The Kier molecular flexibility index (Phi) is 11.4. The van der Waals surface area contributed by atoms with Gasteiger partial charge in [0.15, 0.2) is 0 Å². The van der Waals surface area contributed by atoms with Gasteiger partial charge in [-0.2, -0.15) is 0 Å². The van der Waals surface area contributed by atoms with Gasteiger partial charge in [-0.05, 0) is 38.2 Å². The molecular weight excluding hydrogens is 369 g/mol. The topological polar surface area (TPSA) is 58.4 Å². The minimum atomic E-state index is -0.398. The standard InChI is InChI=1S/C20H33N3O.2ClH/c1-4-20(5-2,15-21)19(24)22-18-11-12-23(16(3)13-18)14-17-9-7-6-8-10-17;;/h6-10,16,18H,4-5,11-15,21H2,1-3H3,(H,22,24);2*1H. The largest absolute Gasteiger partial charge is 0.353 e. The maximum atomic E-state index is 12.7. The summed E-state index contributed by atoms with van der Waals surface area (Å²) in [6.07, 6.45) is 3.62. The molecular formula is C20H35Cl2N3O. The quantitative estimate of drug-likeness (QED) is 0.728. The number of hydrogen-bond acceptors (Lipinski definition) is 3. The number of amides is 1. The summed E-state index contributed by atoms with van der Waals surface area (Å²) in [7, 11) is 0. The molecule has 1 fully saturated rings. The van der Waals surface area contributed by atoms with E-state index >= 15 is 0 Å². The van der Waals surface area contributed by atoms with E-state index in [1.54, 1.807) is 0 Å². The highest BCUT2D eigenvalue weighted by Crippen LogP contribution is 2.27. The van der Waals surface area contributed by atoms with Crippen molar-refractivity contribution in [3.05, 3.63) is 35.9 Å². The lowest BCUT2D eigenvalue weighted by Gasteiger charge is -2.39. The summed E-state index contributed by atoms with van der Waals surface area (Å²) >= 11 is 0. The molecule has 0 aliphatic carbocycles. The Morgan fingerprint density at radius 1 is 1.23 bits per heavy atom. The highest BCUT2D eigenvalue weighted by atomic mass is 35.5. The number of nitrogens with one attached hydrogen (secondary N) is 1. The Hall–Kier alpha value is -0.810. The van der Waals surface area contributed by atoms with Crippen molar-refractivity contribution < 1.29 is 4.79 Å². The van der Waals surface area contributed by atoms with Gasteiger partial charge in [-0.1, -0.05) is 44.2 Å². The van der Waals surface area contributed by atoms with E-state index in [0.29, 0.717) is 12.6 Å². The van der Waals surface area contributed by atoms with E-state index in [-0.39, 0.29) is 36.8 Å². The van der Waals surface area contributed by atoms with Crippen molar-refractivity contribution in [1.29, 1.82) is 0 Å². The number of benzene rings is 1. The zero-order chi connectivity index (χ0) is 17.6. The maximum Gasteiger partial charge on any atom is 0.227 e. The van der Waals surface area contributed by atoms with E-state index in [4.69, 9.17) is 5.73 Å². The van der Waals surface area contributed by atoms with E-state index < -0.39 is 5.41 Å². The van der Waals surface area contributed by atoms with E-state index in [2.05, 4.69) is 61.3 Å². The van der Waals surface area contributed by atoms with Gasteiger partial charge in [0, 0.05) is 31.7 Å². The first-order chi connectivity index (χ1) is 11.5. The SMILES string of the molecule is CCC(CC)(CN)C(=O)NC1CCN(Cc2ccccc2)C(C)C1.Cl.Cl. The molecule has 0 radical (unpaired) electrons. The average Bonchev–Trinajstić information content (AvgIpc) is 2.60. The van der Waals surface area contributed by atoms with Crippen molar-refractivity contribution >= 4 is 30.7 Å². The molecule has 0 bridgehead atoms. The van der Waals surface area contributed by atoms with E-state index in [0.717, 1.165) is 38.8 Å². The van der Waals surface area contributed by atoms with Crippen LogP contribution in [0.4, 0.5) is 0 Å². The van der Waals surface area contributed by atoms with Crippen LogP contribution < -0.4 is 11.1 Å². The molecule has 2 unspecified atom stereocenters. The van der Waals surface area contributed by atoms with Crippen LogP contribution in [0.1, 0.15) is 52.0 Å². The van der Waals surface area contributed by atoms with Crippen molar-refractivity contribution in [3.63, 3.8) is 0 Å². The van der Waals surface area contributed by atoms with Gasteiger partial charge in [0.05, 0.1) is 5.41 Å². The van der Waals surface area contributed by atoms with Crippen LogP contribution in [0.25, 0.3) is 0 Å². The molecule has 1 amide bonds. The van der Waals surface area contributed by atoms with Crippen molar-refractivity contribution in [2.24, 2.45) is 11.1 Å². The van der Waals surface area contributed by atoms with E-state index in [9.17, 15) is 4.79 Å². The molecule has 1 aromatic rings. The molecule has 4 nitrogen and oxygen atoms in total. The van der Waals surface area contributed by atoms with Crippen LogP contribution in [-0.2, 0) is 11.3 Å². The number of likely N-dealkylation sites (tertiary alicyclic amines) is 1. The second kappa shape index (κ2) is 11.8. The summed E-state index contributed by atoms with van der Waals surface area (Å²) in [5.41, 5.74) is 6.86. The number of nitrogens with two attached hydrogens (primary N) is 1. The van der Waals surface area contributed by atoms with Crippen LogP contribution in [0, 0.1) is 5.41 Å². The first-order valence-corrected chi connectivity index (χ1v) is 9.33. The first-order valence-electron chi connectivity index (χ1n) is 9.33. The van der Waals surface area contributed by atoms with Crippen molar-refractivity contribution in [1.82, 2.24) is 10.2 Å². The van der Waals surface area contributed by atoms with Crippen LogP contribution in [0.2, 0.25) is 0 Å². The van der Waals surface area contributed by atoms with E-state index in [1.165, 1.54) is 5.56 Å². The second-order valence-electron chi connectivity index (χ2n) is 7.19. The number of hydrogen-bond donors (Lipinski definition) is 2. The van der Waals surface area contributed by atoms with Gasteiger partial charge in [-0.25, -0.2) is 0 Å². The lowest BCUT2D eigenvalue weighted by atomic mass is 9.81. The summed E-state index contributed by atoms with van der Waals surface area (Å²) in [6, 6.07) is 11.3. The molecule has 0 saturated carbocycles. The predicted octanol–water partition coefficient (Wildman–Crippen LogP) is 3.76. The van der Waals surface area contributed by atoms with Gasteiger partial charge < -0.3 is 11.1 Å². The molecule has 1 saturated heterocycles. The Labute approximate surface area is 171 Å². The summed E-state index contributed by atoms with van der Waals surface area (Å²) in [5.74, 6) is 0.142. The molecule has 0 spiro atoms. The summed E-state index contributed by atoms with van der Waals surface area (Å²) < 4.78 is 0. The van der Waals surface area contributed by atoms with Crippen LogP contribution in [-0.4, -0.2) is 36.0 Å². The van der Waals surface area contributed by atoms with Gasteiger partial charge in [0.1, 0.15) is 0 Å². The predicted molar refractivity (Wildman–Crippen MR) is 114 cm³/mol. The second-order valence-corrected chi connectivity index (χ2v) is 7.19. The number of carbonyl (C=O) groups excluding carboxylic acids is 1. The van der Waals surface area contributed by atoms with Gasteiger partial charge in [-0.15, -0.1) is 24.8 Å². The molecule has 2 atom stereocenters. The fourth-order valence-corrected chi connectivity index (χ4v) is 3.70. The number of piperidine rings is 1. The number of halogens is 2. The fourth-order valence-electron chi connectivity index (χ4n) is 3.70. The zero-order valence-corrected chi connectivity index (χ0v) is 17.9. The monoisotopic (exact) mass is 403 g/mol. The van der Waals surface area contributed by atoms with Crippen molar-refractivity contribution in [3.8, 4) is 0 Å². The van der Waals surface area contributed by atoms with Crippen molar-refractivity contribution in [2.75, 3.05) is 13.1 Å². The van der Waals surface area contributed by atoms with Crippen LogP contribution in [0.15, 0.2) is 30.3 Å². The molecule has 26 heavy (non-hydrogen) atoms. The molecule has 1 aliphatic rings. The van der Waals surface area contributed by atoms with Gasteiger partial charge in [-0.3, -0.25) is 9.69 Å². The Morgan fingerprint density at radius 3 is 2.35 bits per heavy atom. The number of rotatable bonds is 7. The molecule has 3 N–H and O–H groups in total. The third-order valence-corrected chi connectivity index (χ3v) is 5.80. The molecule has 1 aliphatic heterocycles. The summed E-state index contributed by atoms with van der Waals surface area (Å²) in [6.45, 7) is 8.81. The Balaban J connectivity index is 0.00000312. The third kappa shape index (κ3) is 6.12. The van der Waals surface area contributed by atoms with Gasteiger partial charge in [0.25, 0.3) is 0 Å².